The first-order chi connectivity index (χ1) is 9.52. The van der Waals surface area contributed by atoms with Gasteiger partial charge in [-0.05, 0) is 72.1 Å². The van der Waals surface area contributed by atoms with Crippen LogP contribution in [0.3, 0.4) is 0 Å². The molecule has 2 aromatic rings. The lowest BCUT2D eigenvalue weighted by Gasteiger charge is -2.25. The van der Waals surface area contributed by atoms with Crippen LogP contribution in [0.15, 0.2) is 46.9 Å². The number of hydrogen-bond donors (Lipinski definition) is 1. The van der Waals surface area contributed by atoms with E-state index in [-0.39, 0.29) is 6.04 Å². The van der Waals surface area contributed by atoms with E-state index in [9.17, 15) is 0 Å². The lowest BCUT2D eigenvalue weighted by atomic mass is 10.1. The van der Waals surface area contributed by atoms with Gasteiger partial charge in [-0.1, -0.05) is 18.2 Å². The molecule has 20 heavy (non-hydrogen) atoms. The van der Waals surface area contributed by atoms with Crippen molar-refractivity contribution in [3.05, 3.63) is 58.1 Å². The molecule has 0 aromatic heterocycles. The molecule has 2 N–H and O–H groups in total. The van der Waals surface area contributed by atoms with Gasteiger partial charge >= 0.3 is 0 Å². The first-order valence-corrected chi connectivity index (χ1v) is 7.71. The second-order valence-corrected chi connectivity index (χ2v) is 5.94. The molecule has 0 aliphatic heterocycles. The van der Waals surface area contributed by atoms with Gasteiger partial charge in [-0.3, -0.25) is 0 Å². The van der Waals surface area contributed by atoms with E-state index in [0.717, 1.165) is 16.6 Å². The Labute approximate surface area is 129 Å². The number of aryl methyl sites for hydroxylation is 1. The Morgan fingerprint density at radius 2 is 1.95 bits per heavy atom. The van der Waals surface area contributed by atoms with E-state index in [1.807, 2.05) is 6.92 Å². The maximum atomic E-state index is 5.94. The van der Waals surface area contributed by atoms with Gasteiger partial charge in [0.25, 0.3) is 0 Å². The summed E-state index contributed by atoms with van der Waals surface area (Å²) in [6.45, 7) is 7.19. The second-order valence-electron chi connectivity index (χ2n) is 5.08. The number of hydrogen-bond acceptors (Lipinski definition) is 2. The van der Waals surface area contributed by atoms with Crippen LogP contribution in [0.1, 0.15) is 31.0 Å². The highest BCUT2D eigenvalue weighted by molar-refractivity contribution is 9.10. The molecule has 1 atom stereocenters. The maximum Gasteiger partial charge on any atom is 0.0555 e. The Hall–Kier alpha value is -1.32. The molecular formula is C17H21BrN2. The molecule has 0 amide bonds. The topological polar surface area (TPSA) is 29.3 Å². The van der Waals surface area contributed by atoms with Gasteiger partial charge in [-0.15, -0.1) is 0 Å². The van der Waals surface area contributed by atoms with Gasteiger partial charge < -0.3 is 10.6 Å². The molecule has 0 aliphatic rings. The summed E-state index contributed by atoms with van der Waals surface area (Å²) in [5.41, 5.74) is 10.7. The SMILES string of the molecule is CCN(c1cccc(C)c1)c1ccc([C@@H](C)N)cc1Br. The normalized spacial score (nSPS) is 12.2. The van der Waals surface area contributed by atoms with E-state index >= 15 is 0 Å². The molecule has 0 unspecified atom stereocenters. The first-order valence-electron chi connectivity index (χ1n) is 6.92. The predicted molar refractivity (Wildman–Crippen MR) is 90.6 cm³/mol. The molecule has 3 heteroatoms. The third-order valence-electron chi connectivity index (χ3n) is 3.42. The lowest BCUT2D eigenvalue weighted by molar-refractivity contribution is 0.817. The Kier molecular flexibility index (Phi) is 4.84. The molecule has 0 saturated heterocycles. The lowest BCUT2D eigenvalue weighted by Crippen LogP contribution is -2.17. The molecule has 0 fully saturated rings. The quantitative estimate of drug-likeness (QED) is 0.859. The minimum Gasteiger partial charge on any atom is -0.341 e. The van der Waals surface area contributed by atoms with Crippen LogP contribution >= 0.6 is 15.9 Å². The van der Waals surface area contributed by atoms with Crippen LogP contribution in [0.2, 0.25) is 0 Å². The van der Waals surface area contributed by atoms with Crippen LogP contribution in [0.4, 0.5) is 11.4 Å². The Morgan fingerprint density at radius 3 is 2.50 bits per heavy atom. The number of rotatable bonds is 4. The molecule has 0 bridgehead atoms. The fourth-order valence-corrected chi connectivity index (χ4v) is 2.92. The molecule has 0 heterocycles. The largest absolute Gasteiger partial charge is 0.341 e. The molecule has 0 radical (unpaired) electrons. The smallest absolute Gasteiger partial charge is 0.0555 e. The summed E-state index contributed by atoms with van der Waals surface area (Å²) in [5.74, 6) is 0. The van der Waals surface area contributed by atoms with Gasteiger partial charge in [-0.25, -0.2) is 0 Å². The van der Waals surface area contributed by atoms with Gasteiger partial charge in [-0.2, -0.15) is 0 Å². The van der Waals surface area contributed by atoms with Crippen molar-refractivity contribution in [3.63, 3.8) is 0 Å². The van der Waals surface area contributed by atoms with E-state index < -0.39 is 0 Å². The van der Waals surface area contributed by atoms with Crippen molar-refractivity contribution in [2.24, 2.45) is 5.73 Å². The zero-order chi connectivity index (χ0) is 14.7. The highest BCUT2D eigenvalue weighted by atomic mass is 79.9. The van der Waals surface area contributed by atoms with Crippen molar-refractivity contribution in [1.82, 2.24) is 0 Å². The minimum absolute atomic E-state index is 0.0504. The molecule has 106 valence electrons. The van der Waals surface area contributed by atoms with Crippen molar-refractivity contribution in [2.45, 2.75) is 26.8 Å². The molecule has 0 aliphatic carbocycles. The highest BCUT2D eigenvalue weighted by Crippen LogP contribution is 2.33. The van der Waals surface area contributed by atoms with Crippen molar-refractivity contribution < 1.29 is 0 Å². The average molecular weight is 333 g/mol. The second kappa shape index (κ2) is 6.42. The average Bonchev–Trinajstić information content (AvgIpc) is 2.41. The van der Waals surface area contributed by atoms with Gasteiger partial charge in [0.15, 0.2) is 0 Å². The van der Waals surface area contributed by atoms with Crippen LogP contribution in [0.5, 0.6) is 0 Å². The fraction of sp³-hybridized carbons (Fsp3) is 0.294. The summed E-state index contributed by atoms with van der Waals surface area (Å²) in [5, 5.41) is 0. The van der Waals surface area contributed by atoms with Crippen molar-refractivity contribution in [3.8, 4) is 0 Å². The first kappa shape index (κ1) is 15.1. The monoisotopic (exact) mass is 332 g/mol. The van der Waals surface area contributed by atoms with E-state index in [1.54, 1.807) is 0 Å². The number of anilines is 2. The molecule has 0 saturated carbocycles. The summed E-state index contributed by atoms with van der Waals surface area (Å²) < 4.78 is 1.08. The zero-order valence-corrected chi connectivity index (χ0v) is 13.8. The molecule has 2 nitrogen and oxygen atoms in total. The van der Waals surface area contributed by atoms with Crippen LogP contribution in [0.25, 0.3) is 0 Å². The summed E-state index contributed by atoms with van der Waals surface area (Å²) in [6, 6.07) is 15.0. The fourth-order valence-electron chi connectivity index (χ4n) is 2.31. The van der Waals surface area contributed by atoms with Crippen LogP contribution < -0.4 is 10.6 Å². The van der Waals surface area contributed by atoms with Crippen molar-refractivity contribution in [2.75, 3.05) is 11.4 Å². The molecule has 2 aromatic carbocycles. The summed E-state index contributed by atoms with van der Waals surface area (Å²) >= 11 is 3.68. The Morgan fingerprint density at radius 1 is 1.20 bits per heavy atom. The predicted octanol–water partition coefficient (Wildman–Crippen LogP) is 4.94. The van der Waals surface area contributed by atoms with Gasteiger partial charge in [0.1, 0.15) is 0 Å². The standard InChI is InChI=1S/C17H21BrN2/c1-4-20(15-7-5-6-12(2)10-15)17-9-8-14(13(3)19)11-16(17)18/h5-11,13H,4,19H2,1-3H3/t13-/m1/s1. The Bertz CT molecular complexity index is 593. The zero-order valence-electron chi connectivity index (χ0n) is 12.2. The third kappa shape index (κ3) is 3.22. The van der Waals surface area contributed by atoms with Gasteiger partial charge in [0.05, 0.1) is 5.69 Å². The van der Waals surface area contributed by atoms with E-state index in [1.165, 1.54) is 16.9 Å². The van der Waals surface area contributed by atoms with Crippen LogP contribution in [-0.4, -0.2) is 6.54 Å². The van der Waals surface area contributed by atoms with Gasteiger partial charge in [0.2, 0.25) is 0 Å². The van der Waals surface area contributed by atoms with E-state index in [2.05, 4.69) is 77.1 Å². The summed E-state index contributed by atoms with van der Waals surface area (Å²) in [7, 11) is 0. The minimum atomic E-state index is 0.0504. The number of halogens is 1. The van der Waals surface area contributed by atoms with Crippen molar-refractivity contribution in [1.29, 1.82) is 0 Å². The number of benzene rings is 2. The number of nitrogens with zero attached hydrogens (tertiary/aromatic N) is 1. The van der Waals surface area contributed by atoms with Crippen molar-refractivity contribution >= 4 is 27.3 Å². The molecule has 0 spiro atoms. The summed E-state index contributed by atoms with van der Waals surface area (Å²) in [4.78, 5) is 2.29. The molecular weight excluding hydrogens is 312 g/mol. The summed E-state index contributed by atoms with van der Waals surface area (Å²) in [6.07, 6.45) is 0. The maximum absolute atomic E-state index is 5.94. The van der Waals surface area contributed by atoms with E-state index in [0.29, 0.717) is 0 Å². The Balaban J connectivity index is 2.42. The molecule has 2 rings (SSSR count). The highest BCUT2D eigenvalue weighted by Gasteiger charge is 2.12. The van der Waals surface area contributed by atoms with Crippen LogP contribution in [0, 0.1) is 6.92 Å². The van der Waals surface area contributed by atoms with Crippen LogP contribution in [-0.2, 0) is 0 Å². The van der Waals surface area contributed by atoms with Gasteiger partial charge in [0, 0.05) is 22.7 Å². The number of nitrogens with two attached hydrogens (primary N) is 1. The van der Waals surface area contributed by atoms with E-state index in [4.69, 9.17) is 5.73 Å². The third-order valence-corrected chi connectivity index (χ3v) is 4.05.